The van der Waals surface area contributed by atoms with Crippen LogP contribution in [0.4, 0.5) is 34.1 Å². The van der Waals surface area contributed by atoms with Crippen LogP contribution in [0.1, 0.15) is 31.9 Å². The van der Waals surface area contributed by atoms with Gasteiger partial charge in [-0.3, -0.25) is 0 Å². The Balaban J connectivity index is 1.04. The first-order chi connectivity index (χ1) is 24.0. The second-order valence-corrected chi connectivity index (χ2v) is 13.0. The van der Waals surface area contributed by atoms with Crippen molar-refractivity contribution in [3.63, 3.8) is 0 Å². The van der Waals surface area contributed by atoms with Gasteiger partial charge in [0, 0.05) is 34.5 Å². The molecular weight excluding hydrogens is 603 g/mol. The summed E-state index contributed by atoms with van der Waals surface area (Å²) in [6.45, 7) is 7.45. The van der Waals surface area contributed by atoms with Crippen LogP contribution in [-0.2, 0) is 12.0 Å². The Morgan fingerprint density at radius 3 is 1.51 bits per heavy atom. The quantitative estimate of drug-likeness (QED) is 0.188. The molecule has 6 nitrogen and oxygen atoms in total. The van der Waals surface area contributed by atoms with Crippen LogP contribution in [0.2, 0.25) is 0 Å². The van der Waals surface area contributed by atoms with E-state index in [0.717, 1.165) is 51.2 Å². The summed E-state index contributed by atoms with van der Waals surface area (Å²) in [5, 5.41) is 4.94. The van der Waals surface area contributed by atoms with Crippen LogP contribution in [0.15, 0.2) is 146 Å². The van der Waals surface area contributed by atoms with Gasteiger partial charge < -0.3 is 14.5 Å². The van der Waals surface area contributed by atoms with E-state index >= 15 is 0 Å². The zero-order chi connectivity index (χ0) is 33.1. The van der Waals surface area contributed by atoms with E-state index in [2.05, 4.69) is 140 Å². The minimum absolute atomic E-state index is 0.0903. The Kier molecular flexibility index (Phi) is 6.66. The molecule has 0 fully saturated rings. The largest absolute Gasteiger partial charge is 0.453 e. The molecule has 0 bridgehead atoms. The van der Waals surface area contributed by atoms with Gasteiger partial charge >= 0.3 is 0 Å². The van der Waals surface area contributed by atoms with Crippen LogP contribution in [0.5, 0.6) is 11.5 Å². The highest BCUT2D eigenvalue weighted by Crippen LogP contribution is 2.52. The lowest BCUT2D eigenvalue weighted by molar-refractivity contribution is 0.477. The third-order valence-electron chi connectivity index (χ3n) is 9.81. The Labute approximate surface area is 286 Å². The second kappa shape index (κ2) is 11.2. The maximum Gasteiger partial charge on any atom is 0.181 e. The molecule has 0 saturated heterocycles. The van der Waals surface area contributed by atoms with Gasteiger partial charge in [0.2, 0.25) is 0 Å². The van der Waals surface area contributed by atoms with Crippen LogP contribution in [-0.4, -0.2) is 14.8 Å². The maximum absolute atomic E-state index is 6.21. The minimum atomic E-state index is -0.0903. The molecule has 0 radical (unpaired) electrons. The summed E-state index contributed by atoms with van der Waals surface area (Å²) in [5.41, 5.74) is 11.1. The second-order valence-electron chi connectivity index (χ2n) is 13.0. The van der Waals surface area contributed by atoms with Gasteiger partial charge in [-0.25, -0.2) is 9.67 Å². The molecule has 0 spiro atoms. The highest BCUT2D eigenvalue weighted by atomic mass is 16.5. The molecule has 1 aromatic heterocycles. The number of hydrogen-bond acceptors (Lipinski definition) is 5. The summed E-state index contributed by atoms with van der Waals surface area (Å²) in [4.78, 5) is 9.69. The van der Waals surface area contributed by atoms with Crippen LogP contribution >= 0.6 is 0 Å². The van der Waals surface area contributed by atoms with Crippen molar-refractivity contribution in [2.24, 2.45) is 0 Å². The van der Waals surface area contributed by atoms with E-state index in [1.807, 2.05) is 41.1 Å². The van der Waals surface area contributed by atoms with Gasteiger partial charge in [0.25, 0.3) is 0 Å². The van der Waals surface area contributed by atoms with Gasteiger partial charge in [-0.2, -0.15) is 5.10 Å². The zero-order valence-electron chi connectivity index (χ0n) is 27.7. The number of nitrogens with zero attached hydrogens (tertiary/aromatic N) is 5. The van der Waals surface area contributed by atoms with Crippen molar-refractivity contribution in [3.05, 3.63) is 157 Å². The van der Waals surface area contributed by atoms with E-state index in [-0.39, 0.29) is 5.41 Å². The van der Waals surface area contributed by atoms with E-state index in [1.165, 1.54) is 22.5 Å². The summed E-state index contributed by atoms with van der Waals surface area (Å²) in [6, 6.07) is 50.9. The van der Waals surface area contributed by atoms with Crippen molar-refractivity contribution in [1.29, 1.82) is 0 Å². The summed E-state index contributed by atoms with van der Waals surface area (Å²) < 4.78 is 8.19. The molecule has 2 aliphatic heterocycles. The molecule has 9 rings (SSSR count). The lowest BCUT2D eigenvalue weighted by Crippen LogP contribution is -2.30. The predicted octanol–water partition coefficient (Wildman–Crippen LogP) is 11.3. The van der Waals surface area contributed by atoms with E-state index in [9.17, 15) is 0 Å². The Morgan fingerprint density at radius 2 is 0.980 bits per heavy atom. The minimum Gasteiger partial charge on any atom is -0.453 e. The van der Waals surface area contributed by atoms with Gasteiger partial charge in [0.15, 0.2) is 23.1 Å². The van der Waals surface area contributed by atoms with Gasteiger partial charge in [-0.15, -0.1) is 0 Å². The molecule has 6 heteroatoms. The fourth-order valence-corrected chi connectivity index (χ4v) is 7.35. The first-order valence-electron chi connectivity index (χ1n) is 16.8. The molecule has 0 saturated carbocycles. The van der Waals surface area contributed by atoms with E-state index in [1.54, 1.807) is 0 Å². The summed E-state index contributed by atoms with van der Waals surface area (Å²) >= 11 is 0. The standard InChI is InChI=1S/C43H35N5O/c1-4-46-42(30-23-27-31(28-24-30)47-35-15-7-5-13-33(35)43(2,3)34-14-6-8-16-36(34)47)44-41(45-46)29-21-25-32(26-22-29)48-37-17-9-11-19-39(37)49-40-20-12-10-18-38(40)48/h5-28H,4H2,1-3H3. The number of anilines is 6. The smallest absolute Gasteiger partial charge is 0.181 e. The first-order valence-corrected chi connectivity index (χ1v) is 16.8. The Bertz CT molecular complexity index is 2240. The number of hydrogen-bond donors (Lipinski definition) is 0. The lowest BCUT2D eigenvalue weighted by atomic mass is 9.73. The molecule has 238 valence electrons. The molecule has 0 unspecified atom stereocenters. The molecule has 3 heterocycles. The van der Waals surface area contributed by atoms with Gasteiger partial charge in [0.1, 0.15) is 0 Å². The fraction of sp³-hybridized carbons (Fsp3) is 0.116. The normalized spacial score (nSPS) is 13.9. The monoisotopic (exact) mass is 637 g/mol. The number of fused-ring (bicyclic) bond motifs is 4. The number of aromatic nitrogens is 3. The highest BCUT2D eigenvalue weighted by Gasteiger charge is 2.36. The topological polar surface area (TPSA) is 46.4 Å². The lowest BCUT2D eigenvalue weighted by Gasteiger charge is -2.42. The van der Waals surface area contributed by atoms with Crippen LogP contribution in [0.3, 0.4) is 0 Å². The van der Waals surface area contributed by atoms with Gasteiger partial charge in [-0.1, -0.05) is 74.5 Å². The molecule has 49 heavy (non-hydrogen) atoms. The summed E-state index contributed by atoms with van der Waals surface area (Å²) in [6.07, 6.45) is 0. The molecule has 0 amide bonds. The predicted molar refractivity (Wildman–Crippen MR) is 198 cm³/mol. The van der Waals surface area contributed by atoms with Crippen molar-refractivity contribution < 1.29 is 4.74 Å². The number of aryl methyl sites for hydroxylation is 1. The van der Waals surface area contributed by atoms with Crippen LogP contribution in [0, 0.1) is 0 Å². The van der Waals surface area contributed by atoms with Crippen molar-refractivity contribution in [2.75, 3.05) is 9.80 Å². The molecule has 0 aliphatic carbocycles. The third kappa shape index (κ3) is 4.63. The van der Waals surface area contributed by atoms with Crippen molar-refractivity contribution >= 4 is 34.1 Å². The molecule has 6 aromatic carbocycles. The van der Waals surface area contributed by atoms with Crippen LogP contribution < -0.4 is 14.5 Å². The fourth-order valence-electron chi connectivity index (χ4n) is 7.35. The zero-order valence-corrected chi connectivity index (χ0v) is 27.7. The van der Waals surface area contributed by atoms with Crippen LogP contribution in [0.25, 0.3) is 22.8 Å². The molecule has 0 atom stereocenters. The molecule has 0 N–H and O–H groups in total. The number of benzene rings is 6. The number of ether oxygens (including phenoxy) is 1. The van der Waals surface area contributed by atoms with E-state index < -0.39 is 0 Å². The Hall–Kier alpha value is -6.14. The average Bonchev–Trinajstić information content (AvgIpc) is 3.59. The first kappa shape index (κ1) is 29.0. The summed E-state index contributed by atoms with van der Waals surface area (Å²) in [5.74, 6) is 3.23. The molecule has 7 aromatic rings. The van der Waals surface area contributed by atoms with E-state index in [4.69, 9.17) is 14.8 Å². The number of rotatable bonds is 5. The van der Waals surface area contributed by atoms with Crippen molar-refractivity contribution in [3.8, 4) is 34.3 Å². The maximum atomic E-state index is 6.21. The molecule has 2 aliphatic rings. The summed E-state index contributed by atoms with van der Waals surface area (Å²) in [7, 11) is 0. The van der Waals surface area contributed by atoms with Crippen molar-refractivity contribution in [2.45, 2.75) is 32.7 Å². The third-order valence-corrected chi connectivity index (χ3v) is 9.81. The highest BCUT2D eigenvalue weighted by molar-refractivity contribution is 5.88. The molecular formula is C43H35N5O. The van der Waals surface area contributed by atoms with E-state index in [0.29, 0.717) is 12.4 Å². The van der Waals surface area contributed by atoms with Gasteiger partial charge in [0.05, 0.1) is 22.7 Å². The Morgan fingerprint density at radius 1 is 0.531 bits per heavy atom. The SMILES string of the molecule is CCn1nc(-c2ccc(N3c4ccccc4Oc4ccccc43)cc2)nc1-c1ccc(N2c3ccccc3C(C)(C)c3ccccc32)cc1. The van der Waals surface area contributed by atoms with Gasteiger partial charge in [-0.05, 0) is 103 Å². The van der Waals surface area contributed by atoms with Crippen molar-refractivity contribution in [1.82, 2.24) is 14.8 Å². The number of para-hydroxylation sites is 6. The average molecular weight is 638 g/mol.